The Bertz CT molecular complexity index is 202. The SMILES string of the molecule is C1CCCC1.CN(C)C1CCC[CH]1[Sn]([CH3])([CH3])[CH3].[CH3-].[CH3-].[Fe+2]. The maximum atomic E-state index is 2.58. The van der Waals surface area contributed by atoms with Gasteiger partial charge in [-0.1, -0.05) is 32.1 Å². The Morgan fingerprint density at radius 3 is 1.40 bits per heavy atom. The van der Waals surface area contributed by atoms with Crippen molar-refractivity contribution in [3.63, 3.8) is 0 Å². The summed E-state index contributed by atoms with van der Waals surface area (Å²) in [7, 11) is 4.50. The molecular weight excluding hydrogens is 393 g/mol. The molecule has 0 aromatic rings. The minimum absolute atomic E-state index is 0. The Hall–Kier alpha value is 1.28. The van der Waals surface area contributed by atoms with E-state index in [2.05, 4.69) is 33.8 Å². The standard InChI is InChI=1S/C7H14N.C5H10.5CH3.Fe.Sn/c1-8(2)7-5-3-4-6-7;1-2-4-5-3-1;;;;;;;/h5,7H,3-4,6H2,1-2H3;1-5H2;5*1H3;;/q;;;;;2*-1;+2;. The number of hydrogen-bond donors (Lipinski definition) is 0. The second-order valence-corrected chi connectivity index (χ2v) is 22.8. The summed E-state index contributed by atoms with van der Waals surface area (Å²) in [6.45, 7) is 0. The molecule has 2 saturated carbocycles. The molecule has 124 valence electrons. The summed E-state index contributed by atoms with van der Waals surface area (Å²) in [6.07, 6.45) is 11.9. The Kier molecular flexibility index (Phi) is 16.7. The molecule has 3 heteroatoms. The quantitative estimate of drug-likeness (QED) is 0.403. The van der Waals surface area contributed by atoms with Gasteiger partial charge in [0.2, 0.25) is 0 Å². The summed E-state index contributed by atoms with van der Waals surface area (Å²) in [4.78, 5) is 10.2. The first-order valence-electron chi connectivity index (χ1n) is 7.59. The Morgan fingerprint density at radius 2 is 1.15 bits per heavy atom. The third-order valence-corrected chi connectivity index (χ3v) is 12.8. The van der Waals surface area contributed by atoms with Crippen molar-refractivity contribution in [1.82, 2.24) is 4.90 Å². The van der Waals surface area contributed by atoms with Crippen LogP contribution in [0, 0.1) is 14.9 Å². The van der Waals surface area contributed by atoms with Gasteiger partial charge in [0.15, 0.2) is 0 Å². The molecule has 0 amide bonds. The van der Waals surface area contributed by atoms with Crippen LogP contribution in [0.25, 0.3) is 0 Å². The number of hydrogen-bond acceptors (Lipinski definition) is 1. The third kappa shape index (κ3) is 9.33. The van der Waals surface area contributed by atoms with Crippen molar-refractivity contribution in [3.8, 4) is 0 Å². The summed E-state index contributed by atoms with van der Waals surface area (Å²) in [6, 6.07) is 0.917. The minimum atomic E-state index is -1.60. The van der Waals surface area contributed by atoms with Crippen molar-refractivity contribution in [2.45, 2.75) is 76.2 Å². The van der Waals surface area contributed by atoms with Gasteiger partial charge < -0.3 is 14.9 Å². The molecule has 1 nitrogen and oxygen atoms in total. The van der Waals surface area contributed by atoms with Crippen LogP contribution in [0.2, 0.25) is 18.8 Å². The molecule has 0 aromatic carbocycles. The Balaban J connectivity index is -0.000000312. The zero-order valence-corrected chi connectivity index (χ0v) is 19.1. The van der Waals surface area contributed by atoms with Gasteiger partial charge in [-0.3, -0.25) is 0 Å². The molecule has 2 unspecified atom stereocenters. The van der Waals surface area contributed by atoms with Gasteiger partial charge in [0.1, 0.15) is 0 Å². The Morgan fingerprint density at radius 1 is 0.750 bits per heavy atom. The van der Waals surface area contributed by atoms with Crippen LogP contribution in [0.4, 0.5) is 0 Å². The van der Waals surface area contributed by atoms with E-state index in [0.29, 0.717) is 0 Å². The second kappa shape index (κ2) is 12.8. The van der Waals surface area contributed by atoms with Crippen molar-refractivity contribution in [1.29, 1.82) is 0 Å². The predicted octanol–water partition coefficient (Wildman–Crippen LogP) is 5.66. The van der Waals surface area contributed by atoms with Crippen LogP contribution in [0.5, 0.6) is 0 Å². The maximum absolute atomic E-state index is 2.58. The maximum Gasteiger partial charge on any atom is 2.00 e. The zero-order chi connectivity index (χ0) is 12.9. The topological polar surface area (TPSA) is 3.24 Å². The molecule has 0 bridgehead atoms. The molecule has 2 aliphatic carbocycles. The summed E-state index contributed by atoms with van der Waals surface area (Å²) >= 11 is -1.60. The van der Waals surface area contributed by atoms with Gasteiger partial charge in [-0.05, 0) is 0 Å². The summed E-state index contributed by atoms with van der Waals surface area (Å²) < 4.78 is 1.11. The van der Waals surface area contributed by atoms with Crippen molar-refractivity contribution in [2.24, 2.45) is 0 Å². The van der Waals surface area contributed by atoms with Gasteiger partial charge in [0.05, 0.1) is 0 Å². The fraction of sp³-hybridized carbons (Fsp3) is 0.882. The first-order valence-corrected chi connectivity index (χ1v) is 17.8. The van der Waals surface area contributed by atoms with E-state index in [-0.39, 0.29) is 31.9 Å². The predicted molar refractivity (Wildman–Crippen MR) is 94.3 cm³/mol. The van der Waals surface area contributed by atoms with Crippen LogP contribution in [0.1, 0.15) is 51.4 Å². The van der Waals surface area contributed by atoms with E-state index in [1.165, 1.54) is 51.4 Å². The van der Waals surface area contributed by atoms with E-state index in [0.717, 1.165) is 9.98 Å². The summed E-state index contributed by atoms with van der Waals surface area (Å²) in [5.41, 5.74) is 0. The van der Waals surface area contributed by atoms with Crippen LogP contribution in [-0.4, -0.2) is 43.4 Å². The smallest absolute Gasteiger partial charge is 0.358 e. The van der Waals surface area contributed by atoms with Gasteiger partial charge in [-0.2, -0.15) is 0 Å². The summed E-state index contributed by atoms with van der Waals surface area (Å²) in [5.74, 6) is 0. The number of rotatable bonds is 2. The second-order valence-electron chi connectivity index (χ2n) is 7.20. The molecule has 20 heavy (non-hydrogen) atoms. The van der Waals surface area contributed by atoms with Crippen molar-refractivity contribution in [2.75, 3.05) is 14.1 Å². The summed E-state index contributed by atoms with van der Waals surface area (Å²) in [5, 5.41) is 0. The van der Waals surface area contributed by atoms with E-state index < -0.39 is 18.4 Å². The average molecular weight is 432 g/mol. The zero-order valence-electron chi connectivity index (χ0n) is 15.1. The van der Waals surface area contributed by atoms with Crippen LogP contribution in [-0.2, 0) is 17.1 Å². The molecule has 2 fully saturated rings. The molecule has 0 heterocycles. The van der Waals surface area contributed by atoms with E-state index in [9.17, 15) is 0 Å². The first kappa shape index (κ1) is 26.2. The Labute approximate surface area is 145 Å². The van der Waals surface area contributed by atoms with E-state index in [1.807, 2.05) is 0 Å². The van der Waals surface area contributed by atoms with Crippen molar-refractivity contribution >= 4 is 18.4 Å². The monoisotopic (exact) mass is 433 g/mol. The van der Waals surface area contributed by atoms with Crippen LogP contribution in [0.3, 0.4) is 0 Å². The molecule has 0 saturated heterocycles. The van der Waals surface area contributed by atoms with E-state index in [4.69, 9.17) is 0 Å². The van der Waals surface area contributed by atoms with Gasteiger partial charge >= 0.3 is 98.5 Å². The third-order valence-electron chi connectivity index (χ3n) is 4.51. The van der Waals surface area contributed by atoms with Gasteiger partial charge in [-0.15, -0.1) is 0 Å². The van der Waals surface area contributed by atoms with E-state index >= 15 is 0 Å². The van der Waals surface area contributed by atoms with Crippen molar-refractivity contribution < 1.29 is 17.1 Å². The molecule has 0 aromatic heterocycles. The van der Waals surface area contributed by atoms with Crippen molar-refractivity contribution in [3.05, 3.63) is 14.9 Å². The normalized spacial score (nSPS) is 24.9. The molecule has 0 spiro atoms. The molecule has 2 rings (SSSR count). The molecular formula is C17H39FeNSn. The molecule has 2 atom stereocenters. The average Bonchev–Trinajstić information content (AvgIpc) is 2.92. The van der Waals surface area contributed by atoms with Crippen LogP contribution >= 0.6 is 0 Å². The van der Waals surface area contributed by atoms with Gasteiger partial charge in [-0.25, -0.2) is 0 Å². The number of nitrogens with zero attached hydrogens (tertiary/aromatic N) is 1. The molecule has 2 aliphatic rings. The van der Waals surface area contributed by atoms with Crippen LogP contribution < -0.4 is 0 Å². The van der Waals surface area contributed by atoms with E-state index in [1.54, 1.807) is 0 Å². The fourth-order valence-electron chi connectivity index (χ4n) is 3.45. The molecule has 0 aliphatic heterocycles. The van der Waals surface area contributed by atoms with Gasteiger partial charge in [0, 0.05) is 0 Å². The minimum Gasteiger partial charge on any atom is -0.358 e. The fourth-order valence-corrected chi connectivity index (χ4v) is 11.1. The largest absolute Gasteiger partial charge is 2.00 e. The molecule has 0 radical (unpaired) electrons. The van der Waals surface area contributed by atoms with Crippen LogP contribution in [0.15, 0.2) is 0 Å². The van der Waals surface area contributed by atoms with Gasteiger partial charge in [0.25, 0.3) is 0 Å². The molecule has 0 N–H and O–H groups in total. The first-order chi connectivity index (χ1) is 7.93.